The molecule has 0 aliphatic carbocycles. The van der Waals surface area contributed by atoms with Crippen molar-refractivity contribution in [3.63, 3.8) is 0 Å². The Morgan fingerprint density at radius 2 is 1.93 bits per heavy atom. The van der Waals surface area contributed by atoms with Crippen LogP contribution >= 0.6 is 15.9 Å². The molecule has 0 aromatic heterocycles. The third kappa shape index (κ3) is 5.26. The van der Waals surface area contributed by atoms with Gasteiger partial charge < -0.3 is 24.4 Å². The minimum Gasteiger partial charge on any atom is -0.493 e. The van der Waals surface area contributed by atoms with Gasteiger partial charge >= 0.3 is 0 Å². The molecule has 2 atom stereocenters. The number of methoxy groups -OCH3 is 1. The number of morpholine rings is 1. The fourth-order valence-electron chi connectivity index (χ4n) is 3.62. The SMILES string of the molecule is CCCOc1c(Br)cc(C(=O)Nc2ccccc2N2CC(C)OC(C)C2)cc1OC. The molecule has 3 rings (SSSR count). The minimum absolute atomic E-state index is 0.133. The number of nitrogens with one attached hydrogen (secondary N) is 1. The van der Waals surface area contributed by atoms with Crippen LogP contribution in [-0.4, -0.2) is 44.9 Å². The van der Waals surface area contributed by atoms with E-state index in [2.05, 4.69) is 40.0 Å². The highest BCUT2D eigenvalue weighted by Crippen LogP contribution is 2.37. The molecule has 0 radical (unpaired) electrons. The molecular formula is C23H29BrN2O4. The summed E-state index contributed by atoms with van der Waals surface area (Å²) in [5.41, 5.74) is 2.24. The first-order valence-electron chi connectivity index (χ1n) is 10.2. The van der Waals surface area contributed by atoms with E-state index in [0.29, 0.717) is 28.1 Å². The number of carbonyl (C=O) groups is 1. The summed E-state index contributed by atoms with van der Waals surface area (Å²) in [6.07, 6.45) is 1.15. The average Bonchev–Trinajstić information content (AvgIpc) is 2.72. The summed E-state index contributed by atoms with van der Waals surface area (Å²) in [6.45, 7) is 8.30. The third-order valence-electron chi connectivity index (χ3n) is 4.85. The third-order valence-corrected chi connectivity index (χ3v) is 5.44. The van der Waals surface area contributed by atoms with Crippen molar-refractivity contribution in [2.24, 2.45) is 0 Å². The van der Waals surface area contributed by atoms with E-state index in [1.54, 1.807) is 19.2 Å². The maximum absolute atomic E-state index is 13.1. The van der Waals surface area contributed by atoms with E-state index in [0.717, 1.165) is 30.9 Å². The number of halogens is 1. The van der Waals surface area contributed by atoms with E-state index in [-0.39, 0.29) is 18.1 Å². The Kier molecular flexibility index (Phi) is 7.61. The van der Waals surface area contributed by atoms with Gasteiger partial charge in [0.05, 0.1) is 41.8 Å². The zero-order valence-electron chi connectivity index (χ0n) is 17.9. The fourth-order valence-corrected chi connectivity index (χ4v) is 4.18. The molecule has 1 amide bonds. The molecule has 30 heavy (non-hydrogen) atoms. The highest BCUT2D eigenvalue weighted by Gasteiger charge is 2.24. The molecule has 2 unspecified atom stereocenters. The summed E-state index contributed by atoms with van der Waals surface area (Å²) in [5, 5.41) is 3.06. The summed E-state index contributed by atoms with van der Waals surface area (Å²) in [7, 11) is 1.57. The standard InChI is InChI=1S/C23H29BrN2O4/c1-5-10-29-22-18(24)11-17(12-21(22)28-4)23(27)25-19-8-6-7-9-20(19)26-13-15(2)30-16(3)14-26/h6-9,11-12,15-16H,5,10,13-14H2,1-4H3,(H,25,27). The number of para-hydroxylation sites is 2. The normalized spacial score (nSPS) is 18.8. The molecule has 1 heterocycles. The molecular weight excluding hydrogens is 448 g/mol. The second kappa shape index (κ2) is 10.2. The highest BCUT2D eigenvalue weighted by molar-refractivity contribution is 9.10. The van der Waals surface area contributed by atoms with Crippen LogP contribution in [0.2, 0.25) is 0 Å². The van der Waals surface area contributed by atoms with Crippen LogP contribution < -0.4 is 19.7 Å². The van der Waals surface area contributed by atoms with Gasteiger partial charge in [-0.3, -0.25) is 4.79 Å². The average molecular weight is 477 g/mol. The van der Waals surface area contributed by atoms with E-state index in [4.69, 9.17) is 14.2 Å². The van der Waals surface area contributed by atoms with Crippen LogP contribution in [0.25, 0.3) is 0 Å². The lowest BCUT2D eigenvalue weighted by molar-refractivity contribution is -0.00517. The van der Waals surface area contributed by atoms with E-state index < -0.39 is 0 Å². The molecule has 2 aromatic rings. The first-order valence-corrected chi connectivity index (χ1v) is 11.0. The largest absolute Gasteiger partial charge is 0.493 e. The van der Waals surface area contributed by atoms with Crippen molar-refractivity contribution in [3.05, 3.63) is 46.4 Å². The number of ether oxygens (including phenoxy) is 3. The highest BCUT2D eigenvalue weighted by atomic mass is 79.9. The van der Waals surface area contributed by atoms with Gasteiger partial charge in [0.2, 0.25) is 0 Å². The molecule has 1 N–H and O–H groups in total. The predicted octanol–water partition coefficient (Wildman–Crippen LogP) is 5.11. The van der Waals surface area contributed by atoms with Gasteiger partial charge in [-0.25, -0.2) is 0 Å². The Labute approximate surface area is 186 Å². The number of benzene rings is 2. The summed E-state index contributed by atoms with van der Waals surface area (Å²) >= 11 is 3.51. The van der Waals surface area contributed by atoms with Crippen LogP contribution in [0.4, 0.5) is 11.4 Å². The fraction of sp³-hybridized carbons (Fsp3) is 0.435. The van der Waals surface area contributed by atoms with Gasteiger partial charge in [-0.05, 0) is 60.5 Å². The van der Waals surface area contributed by atoms with Crippen molar-refractivity contribution < 1.29 is 19.0 Å². The lowest BCUT2D eigenvalue weighted by atomic mass is 10.1. The van der Waals surface area contributed by atoms with E-state index in [1.165, 1.54) is 0 Å². The molecule has 1 fully saturated rings. The van der Waals surface area contributed by atoms with Crippen LogP contribution in [-0.2, 0) is 4.74 Å². The lowest BCUT2D eigenvalue weighted by Gasteiger charge is -2.37. The molecule has 1 aliphatic heterocycles. The van der Waals surface area contributed by atoms with Crippen LogP contribution in [0, 0.1) is 0 Å². The lowest BCUT2D eigenvalue weighted by Crippen LogP contribution is -2.45. The van der Waals surface area contributed by atoms with Crippen molar-refractivity contribution in [1.82, 2.24) is 0 Å². The Hall–Kier alpha value is -2.25. The number of carbonyl (C=O) groups excluding carboxylic acids is 1. The van der Waals surface area contributed by atoms with Gasteiger partial charge in [-0.2, -0.15) is 0 Å². The summed E-state index contributed by atoms with van der Waals surface area (Å²) in [5.74, 6) is 0.914. The summed E-state index contributed by atoms with van der Waals surface area (Å²) in [4.78, 5) is 15.3. The number of hydrogen-bond donors (Lipinski definition) is 1. The van der Waals surface area contributed by atoms with Crippen molar-refractivity contribution >= 4 is 33.2 Å². The minimum atomic E-state index is -0.210. The quantitative estimate of drug-likeness (QED) is 0.601. The number of nitrogens with zero attached hydrogens (tertiary/aromatic N) is 1. The van der Waals surface area contributed by atoms with Crippen LogP contribution in [0.5, 0.6) is 11.5 Å². The van der Waals surface area contributed by atoms with Crippen LogP contribution in [0.15, 0.2) is 40.9 Å². The first kappa shape index (κ1) is 22.4. The Bertz CT molecular complexity index is 880. The summed E-state index contributed by atoms with van der Waals surface area (Å²) in [6, 6.07) is 11.3. The second-order valence-electron chi connectivity index (χ2n) is 7.47. The van der Waals surface area contributed by atoms with Crippen LogP contribution in [0.3, 0.4) is 0 Å². The zero-order valence-corrected chi connectivity index (χ0v) is 19.5. The molecule has 162 valence electrons. The van der Waals surface area contributed by atoms with Gasteiger partial charge in [-0.15, -0.1) is 0 Å². The second-order valence-corrected chi connectivity index (χ2v) is 8.33. The first-order chi connectivity index (χ1) is 14.4. The molecule has 1 aliphatic rings. The van der Waals surface area contributed by atoms with E-state index in [9.17, 15) is 4.79 Å². The number of amides is 1. The van der Waals surface area contributed by atoms with Gasteiger partial charge in [-0.1, -0.05) is 19.1 Å². The number of hydrogen-bond acceptors (Lipinski definition) is 5. The topological polar surface area (TPSA) is 60.0 Å². The molecule has 7 heteroatoms. The van der Waals surface area contributed by atoms with Crippen LogP contribution in [0.1, 0.15) is 37.6 Å². The zero-order chi connectivity index (χ0) is 21.7. The van der Waals surface area contributed by atoms with Gasteiger partial charge in [0.15, 0.2) is 11.5 Å². The summed E-state index contributed by atoms with van der Waals surface area (Å²) < 4.78 is 17.7. The van der Waals surface area contributed by atoms with Crippen molar-refractivity contribution in [2.45, 2.75) is 39.4 Å². The maximum Gasteiger partial charge on any atom is 0.255 e. The Morgan fingerprint density at radius 1 is 1.23 bits per heavy atom. The Balaban J connectivity index is 1.84. The number of anilines is 2. The molecule has 6 nitrogen and oxygen atoms in total. The van der Waals surface area contributed by atoms with Crippen molar-refractivity contribution in [2.75, 3.05) is 37.0 Å². The Morgan fingerprint density at radius 3 is 2.60 bits per heavy atom. The molecule has 0 spiro atoms. The smallest absolute Gasteiger partial charge is 0.255 e. The van der Waals surface area contributed by atoms with E-state index >= 15 is 0 Å². The monoisotopic (exact) mass is 476 g/mol. The molecule has 2 aromatic carbocycles. The molecule has 0 bridgehead atoms. The van der Waals surface area contributed by atoms with Gasteiger partial charge in [0.25, 0.3) is 5.91 Å². The predicted molar refractivity (Wildman–Crippen MR) is 123 cm³/mol. The molecule has 1 saturated heterocycles. The number of rotatable bonds is 7. The van der Waals surface area contributed by atoms with Gasteiger partial charge in [0, 0.05) is 18.7 Å². The molecule has 0 saturated carbocycles. The van der Waals surface area contributed by atoms with E-state index in [1.807, 2.05) is 31.2 Å². The van der Waals surface area contributed by atoms with Gasteiger partial charge in [0.1, 0.15) is 0 Å². The van der Waals surface area contributed by atoms with Crippen molar-refractivity contribution in [3.8, 4) is 11.5 Å². The maximum atomic E-state index is 13.1. The van der Waals surface area contributed by atoms with Crippen molar-refractivity contribution in [1.29, 1.82) is 0 Å².